The van der Waals surface area contributed by atoms with E-state index in [2.05, 4.69) is 47.3 Å². The van der Waals surface area contributed by atoms with Crippen molar-refractivity contribution in [2.75, 3.05) is 191 Å². The maximum absolute atomic E-state index is 13.7. The molecule has 0 saturated heterocycles. The predicted octanol–water partition coefficient (Wildman–Crippen LogP) is 3.68. The van der Waals surface area contributed by atoms with Crippen molar-refractivity contribution in [2.24, 2.45) is 11.5 Å². The quantitative estimate of drug-likeness (QED) is 0.00987. The molecule has 4 aromatic rings. The topological polar surface area (TPSA) is 625 Å². The van der Waals surface area contributed by atoms with Crippen molar-refractivity contribution in [1.29, 1.82) is 0 Å². The van der Waals surface area contributed by atoms with Crippen LogP contribution in [0.5, 0.6) is 0 Å². The molecular formula is C73H92Cl2I12N14O28. The molecule has 129 heavy (non-hydrogen) atoms. The normalized spacial score (nSPS) is 11.8. The van der Waals surface area contributed by atoms with Crippen molar-refractivity contribution in [3.63, 3.8) is 0 Å². The van der Waals surface area contributed by atoms with Gasteiger partial charge in [0, 0.05) is 148 Å². The van der Waals surface area contributed by atoms with Gasteiger partial charge >= 0.3 is 29.8 Å². The highest BCUT2D eigenvalue weighted by atomic mass is 127. The number of carbonyl (C=O) groups excluding carboxylic acids is 15. The van der Waals surface area contributed by atoms with Crippen molar-refractivity contribution >= 4 is 416 Å². The van der Waals surface area contributed by atoms with Crippen LogP contribution in [0.25, 0.3) is 0 Å². The molecule has 0 aliphatic carbocycles. The zero-order chi connectivity index (χ0) is 99.0. The summed E-state index contributed by atoms with van der Waals surface area (Å²) in [5.74, 6) is -8.45. The summed E-state index contributed by atoms with van der Waals surface area (Å²) in [4.78, 5) is 190. The highest BCUT2D eigenvalue weighted by Gasteiger charge is 2.36. The molecule has 5 atom stereocenters. The Morgan fingerprint density at radius 1 is 0.357 bits per heavy atom. The number of nitrogens with one attached hydrogen (secondary N) is 8. The molecule has 20 N–H and O–H groups in total. The van der Waals surface area contributed by atoms with E-state index in [1.165, 1.54) is 32.8 Å². The molecule has 0 aliphatic rings. The van der Waals surface area contributed by atoms with Crippen LogP contribution in [0.15, 0.2) is 0 Å². The molecule has 5 unspecified atom stereocenters. The predicted molar refractivity (Wildman–Crippen MR) is 577 cm³/mol. The Morgan fingerprint density at radius 3 is 0.953 bits per heavy atom. The van der Waals surface area contributed by atoms with E-state index in [1.807, 2.05) is 203 Å². The summed E-state index contributed by atoms with van der Waals surface area (Å²) in [5, 5.41) is 97.1. The lowest BCUT2D eigenvalue weighted by molar-refractivity contribution is -0.160. The van der Waals surface area contributed by atoms with Gasteiger partial charge in [-0.25, -0.2) is 0 Å². The SMILES string of the molecule is CC(=O)OCC(=O)Nc1c(I)c(C(=O)Cl)c(I)c(N(C)CC(O)CO)c1I.CC(=O)OCC(=O)Nc1c(I)c(C(=O)NCCNCCNC(=O)c2c(I)c(NC(=O)COC(C)=O)c(I)c(N(C)CC(O)CO)c2I)c(I)c(C(=O)N(C)CC(O)CO)c1I.CC(=O)OCC(OC(C)=O)C(=O)Nc1c(I)c(C(=O)Cl)c(I)c(C(=O)N(C)CC(O)CO)c1I.NCCNCCN. The minimum absolute atomic E-state index is 0.00969. The van der Waals surface area contributed by atoms with Crippen molar-refractivity contribution in [2.45, 2.75) is 65.1 Å². The molecule has 0 bridgehead atoms. The Bertz CT molecular complexity index is 4710. The fourth-order valence-corrected chi connectivity index (χ4v) is 29.3. The molecular weight excluding hydrogens is 3110 g/mol. The highest BCUT2D eigenvalue weighted by Crippen LogP contribution is 2.44. The lowest BCUT2D eigenvalue weighted by Crippen LogP contribution is -2.38. The Labute approximate surface area is 914 Å². The molecule has 0 spiro atoms. The Hall–Kier alpha value is -2.21. The molecule has 4 rings (SSSR count). The number of hydrogen-bond donors (Lipinski definition) is 18. The number of rotatable bonds is 44. The van der Waals surface area contributed by atoms with E-state index in [-0.39, 0.29) is 121 Å². The molecule has 720 valence electrons. The summed E-state index contributed by atoms with van der Waals surface area (Å²) in [6.07, 6.45) is -5.98. The average Bonchev–Trinajstić information content (AvgIpc) is 0.785. The van der Waals surface area contributed by atoms with Crippen LogP contribution in [0.3, 0.4) is 0 Å². The van der Waals surface area contributed by atoms with Crippen LogP contribution in [0.2, 0.25) is 0 Å². The summed E-state index contributed by atoms with van der Waals surface area (Å²) in [7, 11) is 6.14. The van der Waals surface area contributed by atoms with Crippen LogP contribution in [0.4, 0.5) is 34.1 Å². The summed E-state index contributed by atoms with van der Waals surface area (Å²) in [6.45, 7) is 5.03. The fourth-order valence-electron chi connectivity index (χ4n) is 10.0. The van der Waals surface area contributed by atoms with E-state index in [1.54, 1.807) is 91.7 Å². The third-order valence-corrected chi connectivity index (χ3v) is 29.1. The maximum atomic E-state index is 13.7. The first-order chi connectivity index (χ1) is 60.2. The number of hydrogen-bond acceptors (Lipinski definition) is 34. The van der Waals surface area contributed by atoms with E-state index in [0.717, 1.165) is 38.8 Å². The van der Waals surface area contributed by atoms with Gasteiger partial charge in [-0.3, -0.25) is 71.9 Å². The monoisotopic (exact) mass is 3210 g/mol. The molecule has 0 aromatic heterocycles. The first-order valence-electron chi connectivity index (χ1n) is 36.8. The van der Waals surface area contributed by atoms with Gasteiger partial charge in [0.05, 0.1) is 154 Å². The van der Waals surface area contributed by atoms with Crippen molar-refractivity contribution in [3.8, 4) is 0 Å². The number of ether oxygens (including phenoxy) is 5. The largest absolute Gasteiger partial charge is 0.461 e. The minimum atomic E-state index is -1.50. The summed E-state index contributed by atoms with van der Waals surface area (Å²) in [6, 6.07) is 0. The molecule has 0 heterocycles. The number of anilines is 6. The Kier molecular flexibility index (Phi) is 62.0. The Balaban J connectivity index is 0.00000102. The Morgan fingerprint density at radius 2 is 0.636 bits per heavy atom. The highest BCUT2D eigenvalue weighted by molar-refractivity contribution is 14.1. The van der Waals surface area contributed by atoms with Gasteiger partial charge in [0.1, 0.15) is 6.61 Å². The van der Waals surface area contributed by atoms with Gasteiger partial charge < -0.3 is 138 Å². The third-order valence-electron chi connectivity index (χ3n) is 15.9. The number of likely N-dealkylation sites (N-methyl/N-ethyl adjacent to an activating group) is 4. The van der Waals surface area contributed by atoms with Crippen LogP contribution in [0, 0.1) is 42.8 Å². The van der Waals surface area contributed by atoms with Gasteiger partial charge in [0.15, 0.2) is 19.8 Å². The van der Waals surface area contributed by atoms with Gasteiger partial charge in [0.25, 0.3) is 57.7 Å². The summed E-state index contributed by atoms with van der Waals surface area (Å²) in [5.41, 5.74) is 12.8. The molecule has 8 amide bonds. The molecule has 0 aliphatic heterocycles. The van der Waals surface area contributed by atoms with Gasteiger partial charge in [0.2, 0.25) is 6.10 Å². The van der Waals surface area contributed by atoms with Gasteiger partial charge in [-0.15, -0.1) is 0 Å². The second-order valence-corrected chi connectivity index (χ2v) is 39.8. The van der Waals surface area contributed by atoms with Crippen LogP contribution in [0.1, 0.15) is 96.8 Å². The standard InChI is InChI=1S/C35H43I6N7O13.C19H20ClI3N2O9.C15H16ClI3N2O6.C4H13N3/c1-15(51)60-13-19(55)45-30-25(37)21(24(36)23(27(30)39)35(59)48(4)10-18(54)12-50)33(57)43-7-5-42-6-8-44-34(58)22-26(38)31(46-20(56)14-61-16(2)52)29(41)32(28(22)40)47(3)9-17(53)11-49;1-7(27)33-6-10(34-8(2)28)18(31)24-16-14(22)11(17(20)30)13(21)12(15(16)23)19(32)25(3)4-9(29)5-26;1-6(23)27-5-8(25)20-13-10(17)9(15(16)26)11(18)14(12(13)19)21(2)3-7(24)4-22;5-1-3-7-4-2-6/h17-18,42,49-50,53-54H,5-14H2,1-4H3,(H,43,57)(H,44,58)(H,45,55)(H,46,56);9-10,26,29H,4-6H2,1-3H3,(H,24,31);7,22,24H,3-5H2,1-2H3,(H,20,25);7H,1-6H2. The number of halogens is 14. The zero-order valence-corrected chi connectivity index (χ0v) is 96.9. The average molecular weight is 3210 g/mol. The van der Waals surface area contributed by atoms with Gasteiger partial charge in [-0.2, -0.15) is 0 Å². The first kappa shape index (κ1) is 125. The third kappa shape index (κ3) is 41.4. The summed E-state index contributed by atoms with van der Waals surface area (Å²) < 4.78 is 28.6. The number of aliphatic hydroxyl groups excluding tert-OH is 8. The second kappa shape index (κ2) is 64.1. The lowest BCUT2D eigenvalue weighted by Gasteiger charge is -2.28. The molecule has 0 fully saturated rings. The van der Waals surface area contributed by atoms with E-state index in [9.17, 15) is 103 Å². The van der Waals surface area contributed by atoms with Crippen LogP contribution >= 0.6 is 294 Å². The number of benzene rings is 4. The summed E-state index contributed by atoms with van der Waals surface area (Å²) >= 11 is 34.3. The fraction of sp³-hybridized carbons (Fsp3) is 0.466. The second-order valence-electron chi connectivity index (χ2n) is 26.2. The number of nitrogens with two attached hydrogens (primary N) is 2. The lowest BCUT2D eigenvalue weighted by atomic mass is 10.1. The number of nitrogens with zero attached hydrogens (tertiary/aromatic N) is 4. The minimum Gasteiger partial charge on any atom is -0.461 e. The van der Waals surface area contributed by atoms with Gasteiger partial charge in [-0.1, -0.05) is 0 Å². The van der Waals surface area contributed by atoms with E-state index >= 15 is 0 Å². The molecule has 56 heteroatoms. The smallest absolute Gasteiger partial charge is 0.303 e. The van der Waals surface area contributed by atoms with Crippen molar-refractivity contribution < 1.29 is 136 Å². The number of carbonyl (C=O) groups is 15. The molecule has 42 nitrogen and oxygen atoms in total. The molecule has 4 aromatic carbocycles. The zero-order valence-electron chi connectivity index (χ0n) is 69.5. The van der Waals surface area contributed by atoms with Crippen LogP contribution < -0.4 is 63.8 Å². The number of amides is 8. The van der Waals surface area contributed by atoms with Crippen LogP contribution in [-0.2, 0) is 66.8 Å². The number of esters is 5. The van der Waals surface area contributed by atoms with Crippen molar-refractivity contribution in [3.05, 3.63) is 76.2 Å². The van der Waals surface area contributed by atoms with E-state index < -0.39 is 171 Å². The molecule has 0 radical (unpaired) electrons. The maximum Gasteiger partial charge on any atom is 0.303 e. The first-order valence-corrected chi connectivity index (χ1v) is 50.5. The molecule has 0 saturated carbocycles. The van der Waals surface area contributed by atoms with Crippen molar-refractivity contribution in [1.82, 2.24) is 31.1 Å². The van der Waals surface area contributed by atoms with Crippen LogP contribution in [-0.4, -0.2) is 328 Å². The van der Waals surface area contributed by atoms with E-state index in [0.29, 0.717) is 55.1 Å². The number of aliphatic hydroxyl groups is 8. The van der Waals surface area contributed by atoms with Gasteiger partial charge in [-0.05, 0) is 294 Å². The van der Waals surface area contributed by atoms with E-state index in [4.69, 9.17) is 63.8 Å².